The summed E-state index contributed by atoms with van der Waals surface area (Å²) in [5.41, 5.74) is 5.05. The topological polar surface area (TPSA) is 77.6 Å². The van der Waals surface area contributed by atoms with Crippen molar-refractivity contribution in [1.82, 2.24) is 4.67 Å². The molecule has 1 unspecified atom stereocenters. The molecule has 0 aliphatic carbocycles. The first-order valence-electron chi connectivity index (χ1n) is 12.9. The molecule has 0 aromatic heterocycles. The van der Waals surface area contributed by atoms with Crippen molar-refractivity contribution >= 4 is 36.3 Å². The molecule has 9 heteroatoms. The van der Waals surface area contributed by atoms with E-state index in [9.17, 15) is 10.1 Å². The number of rotatable bonds is 6. The zero-order valence-electron chi connectivity index (χ0n) is 22.4. The van der Waals surface area contributed by atoms with Crippen LogP contribution in [0.15, 0.2) is 99.7 Å². The van der Waals surface area contributed by atoms with Crippen molar-refractivity contribution in [3.8, 4) is 0 Å². The van der Waals surface area contributed by atoms with Crippen LogP contribution in [0.2, 0.25) is 0 Å². The smallest absolute Gasteiger partial charge is 0.269 e. The Bertz CT molecular complexity index is 1480. The van der Waals surface area contributed by atoms with Crippen LogP contribution in [0.25, 0.3) is 0 Å². The van der Waals surface area contributed by atoms with Crippen LogP contribution >= 0.6 is 7.36 Å². The summed E-state index contributed by atoms with van der Waals surface area (Å²) in [5.74, 6) is 0. The molecule has 0 radical (unpaired) electrons. The molecular formula is C29H33N6O2P. The number of non-ortho nitro benzene ring substituents is 1. The number of para-hydroxylation sites is 2. The molecule has 0 amide bonds. The van der Waals surface area contributed by atoms with Crippen molar-refractivity contribution < 1.29 is 4.92 Å². The largest absolute Gasteiger partial charge is 0.346 e. The van der Waals surface area contributed by atoms with Gasteiger partial charge in [0.15, 0.2) is 7.36 Å². The number of anilines is 2. The third-order valence-electron chi connectivity index (χ3n) is 7.41. The predicted octanol–water partition coefficient (Wildman–Crippen LogP) is 7.74. The molecule has 5 rings (SSSR count). The second kappa shape index (κ2) is 9.86. The van der Waals surface area contributed by atoms with Gasteiger partial charge in [-0.25, -0.2) is 14.2 Å². The van der Waals surface area contributed by atoms with Crippen LogP contribution in [-0.4, -0.2) is 35.9 Å². The van der Waals surface area contributed by atoms with E-state index in [-0.39, 0.29) is 16.0 Å². The molecule has 0 bridgehead atoms. The van der Waals surface area contributed by atoms with E-state index in [0.717, 1.165) is 24.1 Å². The van der Waals surface area contributed by atoms with Gasteiger partial charge in [0.05, 0.1) is 27.8 Å². The number of hydrogen-bond acceptors (Lipinski definition) is 5. The van der Waals surface area contributed by atoms with E-state index in [2.05, 4.69) is 85.5 Å². The van der Waals surface area contributed by atoms with Gasteiger partial charge in [0, 0.05) is 49.1 Å². The van der Waals surface area contributed by atoms with Crippen molar-refractivity contribution in [3.05, 3.63) is 106 Å². The van der Waals surface area contributed by atoms with Crippen LogP contribution in [0.5, 0.6) is 0 Å². The lowest BCUT2D eigenvalue weighted by Gasteiger charge is -2.40. The number of nitro benzene ring substituents is 1. The molecule has 0 spiro atoms. The molecule has 38 heavy (non-hydrogen) atoms. The molecule has 2 aliphatic heterocycles. The van der Waals surface area contributed by atoms with Gasteiger partial charge in [-0.3, -0.25) is 10.1 Å². The van der Waals surface area contributed by atoms with Gasteiger partial charge in [0.1, 0.15) is 0 Å². The van der Waals surface area contributed by atoms with E-state index in [4.69, 9.17) is 9.85 Å². The summed E-state index contributed by atoms with van der Waals surface area (Å²) in [6.07, 6.45) is 1.99. The maximum Gasteiger partial charge on any atom is 0.269 e. The third-order valence-corrected chi connectivity index (χ3v) is 11.1. The highest BCUT2D eigenvalue weighted by Gasteiger charge is 2.49. The highest BCUT2D eigenvalue weighted by Crippen LogP contribution is 2.70. The van der Waals surface area contributed by atoms with Crippen LogP contribution < -0.4 is 9.68 Å². The number of benzene rings is 3. The number of allylic oxidation sites excluding steroid dienone is 2. The summed E-state index contributed by atoms with van der Waals surface area (Å²) in [7, 11) is -0.595. The van der Waals surface area contributed by atoms with E-state index in [1.54, 1.807) is 12.1 Å². The average molecular weight is 529 g/mol. The Hall–Kier alpha value is -3.74. The van der Waals surface area contributed by atoms with Gasteiger partial charge in [0.2, 0.25) is 0 Å². The van der Waals surface area contributed by atoms with Crippen molar-refractivity contribution in [3.63, 3.8) is 0 Å². The van der Waals surface area contributed by atoms with Crippen LogP contribution in [0, 0.1) is 10.1 Å². The van der Waals surface area contributed by atoms with Crippen molar-refractivity contribution in [1.29, 1.82) is 0 Å². The fourth-order valence-corrected chi connectivity index (χ4v) is 9.54. The van der Waals surface area contributed by atoms with Crippen LogP contribution in [-0.2, 0) is 5.41 Å². The van der Waals surface area contributed by atoms with Gasteiger partial charge >= 0.3 is 0 Å². The monoisotopic (exact) mass is 528 g/mol. The quantitative estimate of drug-likeness (QED) is 0.186. The van der Waals surface area contributed by atoms with Crippen molar-refractivity contribution in [2.24, 2.45) is 9.85 Å². The Morgan fingerprint density at radius 2 is 1.61 bits per heavy atom. The van der Waals surface area contributed by atoms with Gasteiger partial charge < -0.3 is 4.90 Å². The lowest BCUT2D eigenvalue weighted by atomic mass is 9.84. The number of fused-ring (bicyclic) bond motifs is 1. The molecular weight excluding hydrogens is 495 g/mol. The van der Waals surface area contributed by atoms with E-state index in [1.807, 2.05) is 24.4 Å². The fourth-order valence-electron chi connectivity index (χ4n) is 5.66. The summed E-state index contributed by atoms with van der Waals surface area (Å²) in [4.78, 5) is 13.2. The van der Waals surface area contributed by atoms with E-state index >= 15 is 0 Å². The second-order valence-electron chi connectivity index (χ2n) is 9.89. The standard InChI is InChI=1S/C29H33N6O2P/c1-6-33(7-2)38(31-22-17-19-24(20-18-22)35(36)37)27(21-30-34(38)23-13-9-8-10-14-23)28-29(3,4)25-15-11-12-16-26(25)32(28)5/h8-21H,6-7H2,1-5H3. The molecule has 3 aromatic rings. The maximum absolute atomic E-state index is 11.3. The molecule has 2 aliphatic rings. The van der Waals surface area contributed by atoms with Gasteiger partial charge in [-0.1, -0.05) is 64.1 Å². The van der Waals surface area contributed by atoms with Crippen LogP contribution in [0.1, 0.15) is 33.3 Å². The first-order chi connectivity index (χ1) is 18.3. The normalized spacial score (nSPS) is 21.7. The second-order valence-corrected chi connectivity index (χ2v) is 12.6. The van der Waals surface area contributed by atoms with Crippen LogP contribution in [0.3, 0.4) is 0 Å². The van der Waals surface area contributed by atoms with Crippen molar-refractivity contribution in [2.45, 2.75) is 33.1 Å². The average Bonchev–Trinajstić information content (AvgIpc) is 3.37. The number of nitrogens with zero attached hydrogens (tertiary/aromatic N) is 6. The minimum atomic E-state index is -2.72. The Morgan fingerprint density at radius 1 is 0.974 bits per heavy atom. The molecule has 3 aromatic carbocycles. The summed E-state index contributed by atoms with van der Waals surface area (Å²) in [5, 5.41) is 17.5. The molecule has 0 fully saturated rings. The van der Waals surface area contributed by atoms with Gasteiger partial charge in [-0.2, -0.15) is 5.10 Å². The third kappa shape index (κ3) is 3.96. The summed E-state index contributed by atoms with van der Waals surface area (Å²) < 4.78 is 10.0. The highest BCUT2D eigenvalue weighted by molar-refractivity contribution is 7.71. The predicted molar refractivity (Wildman–Crippen MR) is 157 cm³/mol. The molecule has 196 valence electrons. The zero-order chi connectivity index (χ0) is 27.1. The molecule has 8 nitrogen and oxygen atoms in total. The Balaban J connectivity index is 1.86. The Kier molecular flexibility index (Phi) is 6.72. The van der Waals surface area contributed by atoms with E-state index in [1.165, 1.54) is 29.1 Å². The number of likely N-dealkylation sites (N-methyl/N-ethyl adjacent to an activating group) is 1. The number of nitro groups is 1. The van der Waals surface area contributed by atoms with Gasteiger partial charge in [-0.05, 0) is 35.9 Å². The lowest BCUT2D eigenvalue weighted by molar-refractivity contribution is -0.384. The molecule has 0 saturated heterocycles. The van der Waals surface area contributed by atoms with Gasteiger partial charge in [-0.15, -0.1) is 0 Å². The van der Waals surface area contributed by atoms with E-state index in [0.29, 0.717) is 5.69 Å². The maximum atomic E-state index is 11.3. The molecule has 0 saturated carbocycles. The minimum Gasteiger partial charge on any atom is -0.346 e. The SMILES string of the molecule is CCN(CC)P1(=Nc2ccc([N+](=O)[O-])cc2)C(=C2N(C)c3ccccc3C2(C)C)C=NN1c1ccccc1. The van der Waals surface area contributed by atoms with E-state index < -0.39 is 7.36 Å². The summed E-state index contributed by atoms with van der Waals surface area (Å²) in [6.45, 7) is 10.4. The number of hydrogen-bond donors (Lipinski definition) is 0. The first-order valence-corrected chi connectivity index (χ1v) is 14.5. The van der Waals surface area contributed by atoms with Gasteiger partial charge in [0.25, 0.3) is 5.69 Å². The molecule has 0 N–H and O–H groups in total. The van der Waals surface area contributed by atoms with Crippen molar-refractivity contribution in [2.75, 3.05) is 29.8 Å². The highest BCUT2D eigenvalue weighted by atomic mass is 31.2. The Morgan fingerprint density at radius 3 is 2.21 bits per heavy atom. The molecule has 2 heterocycles. The lowest BCUT2D eigenvalue weighted by Crippen LogP contribution is -2.31. The number of hydrazone groups is 1. The van der Waals surface area contributed by atoms with Crippen LogP contribution in [0.4, 0.5) is 22.7 Å². The first kappa shape index (κ1) is 25.9. The summed E-state index contributed by atoms with van der Waals surface area (Å²) >= 11 is 0. The minimum absolute atomic E-state index is 0.0486. The fraction of sp³-hybridized carbons (Fsp3) is 0.276. The molecule has 1 atom stereocenters. The summed E-state index contributed by atoms with van der Waals surface area (Å²) in [6, 6.07) is 25.2. The Labute approximate surface area is 224 Å². The zero-order valence-corrected chi connectivity index (χ0v) is 23.3.